The summed E-state index contributed by atoms with van der Waals surface area (Å²) in [5, 5.41) is 3.35. The van der Waals surface area contributed by atoms with E-state index in [4.69, 9.17) is 4.74 Å². The van der Waals surface area contributed by atoms with E-state index in [9.17, 15) is 0 Å². The maximum atomic E-state index is 5.98. The van der Waals surface area contributed by atoms with Gasteiger partial charge in [0.1, 0.15) is 0 Å². The van der Waals surface area contributed by atoms with E-state index in [1.807, 2.05) is 0 Å². The van der Waals surface area contributed by atoms with Gasteiger partial charge in [0.05, 0.1) is 6.10 Å². The molecule has 2 rings (SSSR count). The maximum Gasteiger partial charge on any atom is 0.0714 e. The van der Waals surface area contributed by atoms with Crippen molar-refractivity contribution >= 4 is 0 Å². The van der Waals surface area contributed by atoms with Crippen LogP contribution in [0.25, 0.3) is 0 Å². The molecule has 1 heterocycles. The molecule has 3 nitrogen and oxygen atoms in total. The molecule has 0 saturated carbocycles. The Morgan fingerprint density at radius 2 is 2.10 bits per heavy atom. The van der Waals surface area contributed by atoms with Crippen molar-refractivity contribution in [2.45, 2.75) is 38.8 Å². The third-order valence-corrected chi connectivity index (χ3v) is 3.83. The van der Waals surface area contributed by atoms with Crippen LogP contribution in [-0.4, -0.2) is 43.8 Å². The van der Waals surface area contributed by atoms with E-state index in [-0.39, 0.29) is 0 Å². The molecule has 1 unspecified atom stereocenters. The molecule has 112 valence electrons. The Balaban J connectivity index is 1.56. The number of hydrogen-bond donors (Lipinski definition) is 1. The second-order valence-corrected chi connectivity index (χ2v) is 5.56. The quantitative estimate of drug-likeness (QED) is 0.702. The van der Waals surface area contributed by atoms with Gasteiger partial charge >= 0.3 is 0 Å². The number of likely N-dealkylation sites (tertiary alicyclic amines) is 1. The normalized spacial score (nSPS) is 19.6. The summed E-state index contributed by atoms with van der Waals surface area (Å²) in [5.41, 5.74) is 1.40. The molecule has 0 spiro atoms. The molecule has 1 aromatic carbocycles. The number of rotatable bonds is 9. The zero-order valence-electron chi connectivity index (χ0n) is 12.7. The molecule has 3 heteroatoms. The van der Waals surface area contributed by atoms with Gasteiger partial charge in [-0.25, -0.2) is 0 Å². The number of ether oxygens (including phenoxy) is 1. The van der Waals surface area contributed by atoms with E-state index in [0.717, 1.165) is 39.3 Å². The largest absolute Gasteiger partial charge is 0.377 e. The van der Waals surface area contributed by atoms with Gasteiger partial charge in [0.25, 0.3) is 0 Å². The Morgan fingerprint density at radius 3 is 2.90 bits per heavy atom. The van der Waals surface area contributed by atoms with E-state index in [1.54, 1.807) is 0 Å². The van der Waals surface area contributed by atoms with E-state index >= 15 is 0 Å². The number of nitrogens with zero attached hydrogens (tertiary/aromatic N) is 1. The van der Waals surface area contributed by atoms with Crippen LogP contribution in [0.1, 0.15) is 31.7 Å². The van der Waals surface area contributed by atoms with Gasteiger partial charge in [0.15, 0.2) is 0 Å². The molecule has 1 N–H and O–H groups in total. The van der Waals surface area contributed by atoms with Crippen LogP contribution in [-0.2, 0) is 11.3 Å². The van der Waals surface area contributed by atoms with Gasteiger partial charge in [-0.1, -0.05) is 37.3 Å². The molecule has 1 fully saturated rings. The van der Waals surface area contributed by atoms with Gasteiger partial charge in [-0.3, -0.25) is 4.90 Å². The number of hydrogen-bond acceptors (Lipinski definition) is 3. The highest BCUT2D eigenvalue weighted by Crippen LogP contribution is 2.16. The van der Waals surface area contributed by atoms with Gasteiger partial charge in [-0.2, -0.15) is 0 Å². The Bertz CT molecular complexity index is 355. The van der Waals surface area contributed by atoms with Crippen molar-refractivity contribution in [1.82, 2.24) is 10.2 Å². The first-order valence-corrected chi connectivity index (χ1v) is 7.97. The first kappa shape index (κ1) is 15.5. The summed E-state index contributed by atoms with van der Waals surface area (Å²) in [5.74, 6) is 0. The summed E-state index contributed by atoms with van der Waals surface area (Å²) in [6.07, 6.45) is 4.01. The lowest BCUT2D eigenvalue weighted by molar-refractivity contribution is 0.0562. The van der Waals surface area contributed by atoms with Gasteiger partial charge < -0.3 is 10.1 Å². The second kappa shape index (κ2) is 9.11. The summed E-state index contributed by atoms with van der Waals surface area (Å²) >= 11 is 0. The van der Waals surface area contributed by atoms with Crippen LogP contribution in [0.2, 0.25) is 0 Å². The smallest absolute Gasteiger partial charge is 0.0714 e. The van der Waals surface area contributed by atoms with Crippen LogP contribution in [0, 0.1) is 0 Å². The lowest BCUT2D eigenvalue weighted by Crippen LogP contribution is -2.23. The molecular weight excluding hydrogens is 248 g/mol. The third kappa shape index (κ3) is 5.61. The first-order chi connectivity index (χ1) is 9.88. The predicted molar refractivity (Wildman–Crippen MR) is 83.9 cm³/mol. The lowest BCUT2D eigenvalue weighted by atomic mass is 10.2. The van der Waals surface area contributed by atoms with Crippen LogP contribution < -0.4 is 5.32 Å². The van der Waals surface area contributed by atoms with E-state index < -0.39 is 0 Å². The molecular formula is C17H28N2O. The zero-order valence-corrected chi connectivity index (χ0v) is 12.7. The average Bonchev–Trinajstić information content (AvgIpc) is 2.91. The Kier molecular flexibility index (Phi) is 7.06. The molecule has 1 aliphatic heterocycles. The highest BCUT2D eigenvalue weighted by molar-refractivity contribution is 5.14. The number of nitrogens with one attached hydrogen (secondary N) is 1. The van der Waals surface area contributed by atoms with Gasteiger partial charge in [0, 0.05) is 26.2 Å². The summed E-state index contributed by atoms with van der Waals surface area (Å²) in [6, 6.07) is 10.7. The zero-order chi connectivity index (χ0) is 14.0. The molecule has 1 atom stereocenters. The molecule has 1 aliphatic rings. The summed E-state index contributed by atoms with van der Waals surface area (Å²) in [7, 11) is 0. The molecule has 20 heavy (non-hydrogen) atoms. The fourth-order valence-corrected chi connectivity index (χ4v) is 2.70. The molecule has 0 bridgehead atoms. The Labute approximate surface area is 123 Å². The summed E-state index contributed by atoms with van der Waals surface area (Å²) < 4.78 is 5.98. The van der Waals surface area contributed by atoms with Crippen LogP contribution in [0.4, 0.5) is 0 Å². The minimum absolute atomic E-state index is 0.442. The summed E-state index contributed by atoms with van der Waals surface area (Å²) in [4.78, 5) is 2.50. The standard InChI is InChI=1S/C17H28N2O/c1-2-18-11-6-7-13-20-17-10-12-19(15-17)14-16-8-4-3-5-9-16/h3-5,8-9,17-18H,2,6-7,10-15H2,1H3. The molecule has 1 saturated heterocycles. The van der Waals surface area contributed by atoms with Crippen molar-refractivity contribution in [2.24, 2.45) is 0 Å². The van der Waals surface area contributed by atoms with Crippen LogP contribution in [0.15, 0.2) is 30.3 Å². The molecule has 0 radical (unpaired) electrons. The maximum absolute atomic E-state index is 5.98. The van der Waals surface area contributed by atoms with Crippen molar-refractivity contribution in [1.29, 1.82) is 0 Å². The Hall–Kier alpha value is -0.900. The average molecular weight is 276 g/mol. The SMILES string of the molecule is CCNCCCCOC1CCN(Cc2ccccc2)C1. The van der Waals surface area contributed by atoms with E-state index in [0.29, 0.717) is 6.10 Å². The number of benzene rings is 1. The monoisotopic (exact) mass is 276 g/mol. The van der Waals surface area contributed by atoms with Crippen LogP contribution in [0.5, 0.6) is 0 Å². The predicted octanol–water partition coefficient (Wildman–Crippen LogP) is 2.67. The second-order valence-electron chi connectivity index (χ2n) is 5.56. The van der Waals surface area contributed by atoms with Crippen molar-refractivity contribution in [3.8, 4) is 0 Å². The minimum Gasteiger partial charge on any atom is -0.377 e. The van der Waals surface area contributed by atoms with Crippen LogP contribution in [0.3, 0.4) is 0 Å². The van der Waals surface area contributed by atoms with E-state index in [2.05, 4.69) is 47.5 Å². The third-order valence-electron chi connectivity index (χ3n) is 3.83. The fourth-order valence-electron chi connectivity index (χ4n) is 2.70. The lowest BCUT2D eigenvalue weighted by Gasteiger charge is -2.16. The topological polar surface area (TPSA) is 24.5 Å². The first-order valence-electron chi connectivity index (χ1n) is 7.97. The Morgan fingerprint density at radius 1 is 1.25 bits per heavy atom. The fraction of sp³-hybridized carbons (Fsp3) is 0.647. The van der Waals surface area contributed by atoms with Crippen LogP contribution >= 0.6 is 0 Å². The highest BCUT2D eigenvalue weighted by Gasteiger charge is 2.22. The van der Waals surface area contributed by atoms with Crippen molar-refractivity contribution in [3.05, 3.63) is 35.9 Å². The van der Waals surface area contributed by atoms with Crippen molar-refractivity contribution in [2.75, 3.05) is 32.8 Å². The van der Waals surface area contributed by atoms with E-state index in [1.165, 1.54) is 24.8 Å². The van der Waals surface area contributed by atoms with Gasteiger partial charge in [-0.15, -0.1) is 0 Å². The highest BCUT2D eigenvalue weighted by atomic mass is 16.5. The van der Waals surface area contributed by atoms with Gasteiger partial charge in [-0.05, 0) is 37.9 Å². The molecule has 0 aliphatic carbocycles. The van der Waals surface area contributed by atoms with Crippen molar-refractivity contribution < 1.29 is 4.74 Å². The molecule has 0 aromatic heterocycles. The minimum atomic E-state index is 0.442. The number of unbranched alkanes of at least 4 members (excludes halogenated alkanes) is 1. The molecule has 0 amide bonds. The molecule has 1 aromatic rings. The van der Waals surface area contributed by atoms with Gasteiger partial charge in [0.2, 0.25) is 0 Å². The van der Waals surface area contributed by atoms with Crippen molar-refractivity contribution in [3.63, 3.8) is 0 Å². The summed E-state index contributed by atoms with van der Waals surface area (Å²) in [6.45, 7) is 8.55.